The molecule has 0 radical (unpaired) electrons. The summed E-state index contributed by atoms with van der Waals surface area (Å²) in [4.78, 5) is 58.0. The van der Waals surface area contributed by atoms with Crippen LogP contribution in [0.5, 0.6) is 0 Å². The quantitative estimate of drug-likeness (QED) is 0.222. The fraction of sp³-hybridized carbons (Fsp3) is 0.562. The van der Waals surface area contributed by atoms with Crippen LogP contribution in [0.25, 0.3) is 11.2 Å². The fourth-order valence-electron chi connectivity index (χ4n) is 3.25. The summed E-state index contributed by atoms with van der Waals surface area (Å²) < 4.78 is 38.6. The lowest BCUT2D eigenvalue weighted by molar-refractivity contribution is -0.228. The van der Waals surface area contributed by atoms with E-state index >= 15 is 0 Å². The normalized spacial score (nSPS) is 25.1. The molecular formula is C16H21N6O11P2-. The maximum atomic E-state index is 12.1. The van der Waals surface area contributed by atoms with E-state index in [1.165, 1.54) is 10.9 Å². The van der Waals surface area contributed by atoms with Crippen molar-refractivity contribution >= 4 is 44.7 Å². The molecule has 1 fully saturated rings. The number of fused-ring (bicyclic) bond motifs is 1. The number of phosphoric ester groups is 1. The summed E-state index contributed by atoms with van der Waals surface area (Å²) in [5.41, 5.74) is 6.11. The smallest absolute Gasteiger partial charge is 0.334 e. The van der Waals surface area contributed by atoms with Crippen LogP contribution in [0.2, 0.25) is 0 Å². The monoisotopic (exact) mass is 535 g/mol. The maximum Gasteiger partial charge on any atom is 0.334 e. The van der Waals surface area contributed by atoms with Gasteiger partial charge in [-0.25, -0.2) is 19.7 Å². The van der Waals surface area contributed by atoms with Gasteiger partial charge >= 0.3 is 21.8 Å². The number of nitrogen functional groups attached to an aromatic ring is 1. The molecule has 1 aliphatic heterocycles. The van der Waals surface area contributed by atoms with Gasteiger partial charge in [-0.2, -0.15) is 0 Å². The molecule has 17 nitrogen and oxygen atoms in total. The molecule has 0 spiro atoms. The highest BCUT2D eigenvalue weighted by molar-refractivity contribution is 7.46. The minimum atomic E-state index is -5.35. The standard InChI is InChI=1S/C16H22N6O11P2/c1-7(23)21-8(2-3-34(27)28)16(26)33-35(29,30)31-4-9-11(24)12(25)15(32-9)22-6-20-10-13(17)18-5-19-14(10)22/h5-6,8-9,11-12,15,24-25H,2-4H2,1H3,(H,21,23)(H,29,30)(H2,17,18,19)/p-1/t8-,9+,11+,12+,15+/m0/s1. The van der Waals surface area contributed by atoms with Gasteiger partial charge in [0.25, 0.3) is 0 Å². The predicted octanol–water partition coefficient (Wildman–Crippen LogP) is -2.95. The molecule has 2 aromatic heterocycles. The highest BCUT2D eigenvalue weighted by Crippen LogP contribution is 2.41. The minimum absolute atomic E-state index is 0.0652. The zero-order valence-electron chi connectivity index (χ0n) is 18.0. The van der Waals surface area contributed by atoms with Gasteiger partial charge in [0.15, 0.2) is 17.7 Å². The highest BCUT2D eigenvalue weighted by Gasteiger charge is 2.45. The topological polar surface area (TPSA) is 264 Å². The molecule has 3 rings (SSSR count). The van der Waals surface area contributed by atoms with Gasteiger partial charge in [-0.05, 0) is 0 Å². The molecular weight excluding hydrogens is 514 g/mol. The lowest BCUT2D eigenvalue weighted by atomic mass is 10.1. The first-order chi connectivity index (χ1) is 16.4. The van der Waals surface area contributed by atoms with Crippen LogP contribution in [-0.4, -0.2) is 78.7 Å². The molecule has 1 aliphatic rings. The predicted molar refractivity (Wildman–Crippen MR) is 110 cm³/mol. The number of hydrogen-bond donors (Lipinski definition) is 4. The first-order valence-electron chi connectivity index (χ1n) is 9.92. The zero-order chi connectivity index (χ0) is 25.9. The number of nitrogens with zero attached hydrogens (tertiary/aromatic N) is 4. The molecule has 192 valence electrons. The number of nitrogens with one attached hydrogen (secondary N) is 1. The van der Waals surface area contributed by atoms with Crippen LogP contribution in [0.3, 0.4) is 0 Å². The summed E-state index contributed by atoms with van der Waals surface area (Å²) in [7, 11) is -8.25. The molecule has 1 amide bonds. The van der Waals surface area contributed by atoms with Crippen LogP contribution >= 0.6 is 15.9 Å². The number of rotatable bonds is 10. The van der Waals surface area contributed by atoms with Crippen molar-refractivity contribution in [2.45, 2.75) is 43.9 Å². The van der Waals surface area contributed by atoms with E-state index in [0.29, 0.717) is 0 Å². The molecule has 3 heterocycles. The lowest BCUT2D eigenvalue weighted by Crippen LogP contribution is -2.41. The van der Waals surface area contributed by atoms with Crippen molar-refractivity contribution in [3.8, 4) is 0 Å². The van der Waals surface area contributed by atoms with E-state index in [2.05, 4.69) is 29.3 Å². The SMILES string of the molecule is CC(=O)N[C@@H](CC[P+](=O)[O-])C(=O)OP(=O)([O-])OC[C@H]1O[C@@H](n2cnc3c(N)ncnc32)[C@H](O)[C@@H]1O. The molecule has 0 aliphatic carbocycles. The van der Waals surface area contributed by atoms with Gasteiger partial charge in [0, 0.05) is 13.3 Å². The van der Waals surface area contributed by atoms with E-state index in [1.54, 1.807) is 0 Å². The van der Waals surface area contributed by atoms with Gasteiger partial charge in [-0.15, -0.1) is 0 Å². The molecule has 0 saturated carbocycles. The van der Waals surface area contributed by atoms with Gasteiger partial charge < -0.3 is 44.8 Å². The molecule has 0 aromatic carbocycles. The number of ether oxygens (including phenoxy) is 1. The van der Waals surface area contributed by atoms with Crippen LogP contribution in [-0.2, 0) is 32.5 Å². The first-order valence-corrected chi connectivity index (χ1v) is 12.7. The number of nitrogens with two attached hydrogens (primary N) is 1. The van der Waals surface area contributed by atoms with Gasteiger partial charge in [-0.1, -0.05) is 4.57 Å². The Labute approximate surface area is 197 Å². The zero-order valence-corrected chi connectivity index (χ0v) is 19.8. The number of imidazole rings is 1. The molecule has 19 heteroatoms. The second-order valence-corrected chi connectivity index (χ2v) is 9.83. The number of amides is 1. The number of aliphatic hydroxyl groups excluding tert-OH is 2. The average Bonchev–Trinajstić information content (AvgIpc) is 3.31. The highest BCUT2D eigenvalue weighted by atomic mass is 31.2. The Morgan fingerprint density at radius 3 is 2.74 bits per heavy atom. The minimum Gasteiger partial charge on any atom is -0.746 e. The van der Waals surface area contributed by atoms with Crippen LogP contribution in [0.1, 0.15) is 19.6 Å². The third-order valence-corrected chi connectivity index (χ3v) is 6.35. The molecule has 1 saturated heterocycles. The van der Waals surface area contributed by atoms with Crippen molar-refractivity contribution in [1.29, 1.82) is 0 Å². The second-order valence-electron chi connectivity index (χ2n) is 7.38. The Morgan fingerprint density at radius 2 is 2.09 bits per heavy atom. The Balaban J connectivity index is 1.64. The molecule has 5 N–H and O–H groups in total. The van der Waals surface area contributed by atoms with Crippen molar-refractivity contribution in [3.05, 3.63) is 12.7 Å². The Morgan fingerprint density at radius 1 is 1.37 bits per heavy atom. The van der Waals surface area contributed by atoms with Crippen molar-refractivity contribution in [1.82, 2.24) is 24.8 Å². The van der Waals surface area contributed by atoms with Gasteiger partial charge in [0.1, 0.15) is 42.4 Å². The second kappa shape index (κ2) is 11.0. The summed E-state index contributed by atoms with van der Waals surface area (Å²) in [5.74, 6) is -2.13. The number of carbonyl (C=O) groups is 2. The first kappa shape index (κ1) is 27.0. The summed E-state index contributed by atoms with van der Waals surface area (Å²) in [6, 6.07) is -1.56. The van der Waals surface area contributed by atoms with E-state index < -0.39 is 77.5 Å². The summed E-state index contributed by atoms with van der Waals surface area (Å²) >= 11 is 0. The van der Waals surface area contributed by atoms with Crippen molar-refractivity contribution in [2.24, 2.45) is 0 Å². The number of carbonyl (C=O) groups excluding carboxylic acids is 2. The molecule has 0 bridgehead atoms. The van der Waals surface area contributed by atoms with E-state index in [1.807, 2.05) is 0 Å². The van der Waals surface area contributed by atoms with E-state index in [4.69, 9.17) is 10.5 Å². The van der Waals surface area contributed by atoms with Crippen LogP contribution in [0.15, 0.2) is 12.7 Å². The largest absolute Gasteiger partial charge is 0.746 e. The molecule has 35 heavy (non-hydrogen) atoms. The van der Waals surface area contributed by atoms with Crippen molar-refractivity contribution in [2.75, 3.05) is 18.5 Å². The number of phosphoric acid groups is 1. The fourth-order valence-corrected chi connectivity index (χ4v) is 4.45. The summed E-state index contributed by atoms with van der Waals surface area (Å²) in [6.07, 6.45) is -4.36. The number of aliphatic hydroxyl groups is 2. The third-order valence-electron chi connectivity index (χ3n) is 4.86. The summed E-state index contributed by atoms with van der Waals surface area (Å²) in [6.45, 7) is 0.179. The number of hydrogen-bond acceptors (Lipinski definition) is 15. The van der Waals surface area contributed by atoms with Crippen LogP contribution in [0.4, 0.5) is 5.82 Å². The van der Waals surface area contributed by atoms with Gasteiger partial charge in [-0.3, -0.25) is 13.9 Å². The lowest BCUT2D eigenvalue weighted by Gasteiger charge is -2.26. The van der Waals surface area contributed by atoms with Gasteiger partial charge in [0.2, 0.25) is 5.91 Å². The molecule has 2 aromatic rings. The van der Waals surface area contributed by atoms with E-state index in [-0.39, 0.29) is 17.0 Å². The Hall–Kier alpha value is -2.62. The van der Waals surface area contributed by atoms with Crippen LogP contribution in [0, 0.1) is 0 Å². The molecule has 7 atom stereocenters. The number of anilines is 1. The van der Waals surface area contributed by atoms with Crippen molar-refractivity contribution in [3.63, 3.8) is 0 Å². The summed E-state index contributed by atoms with van der Waals surface area (Å²) in [5, 5.41) is 22.8. The van der Waals surface area contributed by atoms with Crippen LogP contribution < -0.4 is 20.8 Å². The van der Waals surface area contributed by atoms with E-state index in [0.717, 1.165) is 13.3 Å². The third kappa shape index (κ3) is 6.54. The Kier molecular flexibility index (Phi) is 8.46. The van der Waals surface area contributed by atoms with E-state index in [9.17, 15) is 38.7 Å². The Bertz CT molecular complexity index is 1160. The molecule has 2 unspecified atom stereocenters. The van der Waals surface area contributed by atoms with Gasteiger partial charge in [0.05, 0.1) is 12.9 Å². The maximum absolute atomic E-state index is 12.1. The average molecular weight is 535 g/mol. The number of aromatic nitrogens is 4. The van der Waals surface area contributed by atoms with Crippen molar-refractivity contribution < 1.29 is 52.5 Å².